The Hall–Kier alpha value is -1.77. The van der Waals surface area contributed by atoms with Crippen LogP contribution in [0.25, 0.3) is 11.0 Å². The van der Waals surface area contributed by atoms with Gasteiger partial charge in [-0.15, -0.1) is 0 Å². The zero-order valence-electron chi connectivity index (χ0n) is 23.8. The van der Waals surface area contributed by atoms with Crippen LogP contribution in [0.2, 0.25) is 0 Å². The molecule has 0 unspecified atom stereocenters. The van der Waals surface area contributed by atoms with E-state index >= 15 is 0 Å². The van der Waals surface area contributed by atoms with Crippen LogP contribution in [-0.4, -0.2) is 6.10 Å². The lowest BCUT2D eigenvalue weighted by Gasteiger charge is -2.20. The third-order valence-electron chi connectivity index (χ3n) is 7.48. The van der Waals surface area contributed by atoms with Crippen LogP contribution in [-0.2, 0) is 0 Å². The summed E-state index contributed by atoms with van der Waals surface area (Å²) in [5, 5.41) is 0.983. The van der Waals surface area contributed by atoms with Gasteiger partial charge in [0.25, 0.3) is 0 Å². The fraction of sp³-hybridized carbons (Fsp3) is 0.727. The molecule has 0 saturated carbocycles. The Morgan fingerprint density at radius 1 is 0.667 bits per heavy atom. The average molecular weight is 499 g/mol. The number of rotatable bonds is 22. The van der Waals surface area contributed by atoms with E-state index in [0.29, 0.717) is 5.58 Å². The number of unbranched alkanes of at least 4 members (excludes halogenated alkanes) is 16. The Bertz CT molecular complexity index is 847. The fourth-order valence-corrected chi connectivity index (χ4v) is 5.20. The molecule has 204 valence electrons. The summed E-state index contributed by atoms with van der Waals surface area (Å²) < 4.78 is 11.9. The van der Waals surface area contributed by atoms with Crippen LogP contribution in [0.1, 0.15) is 148 Å². The molecule has 0 aliphatic heterocycles. The minimum absolute atomic E-state index is 0.244. The summed E-state index contributed by atoms with van der Waals surface area (Å²) in [6.45, 7) is 6.51. The summed E-state index contributed by atoms with van der Waals surface area (Å²) in [6, 6.07) is 7.52. The van der Waals surface area contributed by atoms with E-state index in [1.807, 2.05) is 25.1 Å². The molecule has 0 fully saturated rings. The lowest BCUT2D eigenvalue weighted by atomic mass is 10.0. The Morgan fingerprint density at radius 2 is 1.14 bits per heavy atom. The van der Waals surface area contributed by atoms with Crippen LogP contribution in [0.3, 0.4) is 0 Å². The van der Waals surface area contributed by atoms with Gasteiger partial charge in [0, 0.05) is 17.5 Å². The van der Waals surface area contributed by atoms with Crippen LogP contribution in [0.5, 0.6) is 5.75 Å². The van der Waals surface area contributed by atoms with Gasteiger partial charge in [0.15, 0.2) is 0 Å². The van der Waals surface area contributed by atoms with Crippen molar-refractivity contribution in [3.8, 4) is 5.75 Å². The topological polar surface area (TPSA) is 39.4 Å². The van der Waals surface area contributed by atoms with E-state index in [1.165, 1.54) is 116 Å². The first-order valence-electron chi connectivity index (χ1n) is 15.3. The van der Waals surface area contributed by atoms with E-state index in [-0.39, 0.29) is 11.7 Å². The number of fused-ring (bicyclic) bond motifs is 1. The van der Waals surface area contributed by atoms with Gasteiger partial charge in [-0.1, -0.05) is 117 Å². The molecule has 2 rings (SSSR count). The molecule has 3 heteroatoms. The normalized spacial score (nSPS) is 11.6. The first kappa shape index (κ1) is 30.5. The molecule has 1 aromatic carbocycles. The Kier molecular flexibility index (Phi) is 16.4. The van der Waals surface area contributed by atoms with Gasteiger partial charge in [0.1, 0.15) is 11.3 Å². The second-order valence-electron chi connectivity index (χ2n) is 10.9. The van der Waals surface area contributed by atoms with Crippen molar-refractivity contribution >= 4 is 11.0 Å². The summed E-state index contributed by atoms with van der Waals surface area (Å²) >= 11 is 0. The summed E-state index contributed by atoms with van der Waals surface area (Å²) in [7, 11) is 0. The molecule has 0 aliphatic carbocycles. The summed E-state index contributed by atoms with van der Waals surface area (Å²) in [5.74, 6) is 0.827. The van der Waals surface area contributed by atoms with Gasteiger partial charge < -0.3 is 9.15 Å². The largest absolute Gasteiger partial charge is 0.490 e. The zero-order valence-corrected chi connectivity index (χ0v) is 23.8. The van der Waals surface area contributed by atoms with Crippen LogP contribution < -0.4 is 10.4 Å². The molecule has 0 bridgehead atoms. The van der Waals surface area contributed by atoms with Crippen molar-refractivity contribution in [2.75, 3.05) is 0 Å². The summed E-state index contributed by atoms with van der Waals surface area (Å²) in [5.41, 5.74) is 1.29. The first-order valence-corrected chi connectivity index (χ1v) is 15.3. The van der Waals surface area contributed by atoms with Gasteiger partial charge in [0.2, 0.25) is 0 Å². The molecule has 0 spiro atoms. The smallest absolute Gasteiger partial charge is 0.336 e. The third kappa shape index (κ3) is 13.0. The van der Waals surface area contributed by atoms with Crippen molar-refractivity contribution in [3.63, 3.8) is 0 Å². The quantitative estimate of drug-likeness (QED) is 0.120. The average Bonchev–Trinajstić information content (AvgIpc) is 2.86. The zero-order chi connectivity index (χ0) is 25.8. The van der Waals surface area contributed by atoms with Gasteiger partial charge in [-0.2, -0.15) is 0 Å². The number of hydrogen-bond donors (Lipinski definition) is 0. The van der Waals surface area contributed by atoms with E-state index < -0.39 is 0 Å². The molecular weight excluding hydrogens is 444 g/mol. The molecule has 36 heavy (non-hydrogen) atoms. The Morgan fingerprint density at radius 3 is 1.64 bits per heavy atom. The Balaban J connectivity index is 1.79. The van der Waals surface area contributed by atoms with Gasteiger partial charge in [-0.25, -0.2) is 4.79 Å². The molecule has 2 aromatic rings. The fourth-order valence-electron chi connectivity index (χ4n) is 5.20. The van der Waals surface area contributed by atoms with E-state index in [1.54, 1.807) is 6.07 Å². The van der Waals surface area contributed by atoms with Crippen LogP contribution in [0.4, 0.5) is 0 Å². The number of hydrogen-bond acceptors (Lipinski definition) is 3. The lowest BCUT2D eigenvalue weighted by Crippen LogP contribution is -2.16. The van der Waals surface area contributed by atoms with E-state index in [2.05, 4.69) is 13.8 Å². The molecule has 0 atom stereocenters. The predicted octanol–water partition coefficient (Wildman–Crippen LogP) is 10.7. The highest BCUT2D eigenvalue weighted by atomic mass is 16.5. The maximum absolute atomic E-state index is 11.8. The van der Waals surface area contributed by atoms with Crippen LogP contribution >= 0.6 is 0 Å². The van der Waals surface area contributed by atoms with Crippen molar-refractivity contribution in [3.05, 3.63) is 40.2 Å². The first-order chi connectivity index (χ1) is 17.6. The second-order valence-corrected chi connectivity index (χ2v) is 10.9. The highest BCUT2D eigenvalue weighted by Gasteiger charge is 2.12. The standard InChI is InChI=1S/C33H54O3/c1-4-6-8-10-12-14-16-18-20-22-29(23-21-19-17-15-13-11-9-7-5-2)35-30-24-25-31-28(3)26-33(34)36-32(31)27-30/h24-27,29H,4-23H2,1-3H3. The number of aryl methyl sites for hydroxylation is 1. The molecule has 0 amide bonds. The maximum Gasteiger partial charge on any atom is 0.336 e. The summed E-state index contributed by atoms with van der Waals surface area (Å²) in [4.78, 5) is 11.8. The molecule has 0 N–H and O–H groups in total. The van der Waals surface area contributed by atoms with Crippen LogP contribution in [0.15, 0.2) is 33.5 Å². The molecule has 0 radical (unpaired) electrons. The van der Waals surface area contributed by atoms with Gasteiger partial charge in [-0.3, -0.25) is 0 Å². The highest BCUT2D eigenvalue weighted by molar-refractivity contribution is 5.81. The van der Waals surface area contributed by atoms with Gasteiger partial charge in [-0.05, 0) is 50.3 Å². The minimum Gasteiger partial charge on any atom is -0.490 e. The molecule has 0 saturated heterocycles. The molecule has 1 heterocycles. The number of benzene rings is 1. The maximum atomic E-state index is 11.8. The second kappa shape index (κ2) is 19.4. The van der Waals surface area contributed by atoms with Gasteiger partial charge >= 0.3 is 5.63 Å². The lowest BCUT2D eigenvalue weighted by molar-refractivity contribution is 0.172. The molecule has 3 nitrogen and oxygen atoms in total. The van der Waals surface area contributed by atoms with Crippen molar-refractivity contribution in [1.29, 1.82) is 0 Å². The molecule has 1 aromatic heterocycles. The van der Waals surface area contributed by atoms with Crippen molar-refractivity contribution in [2.24, 2.45) is 0 Å². The summed E-state index contributed by atoms with van der Waals surface area (Å²) in [6.07, 6.45) is 26.8. The SMILES string of the molecule is CCCCCCCCCCCC(CCCCCCCCCCC)Oc1ccc2c(C)cc(=O)oc2c1. The number of ether oxygens (including phenoxy) is 1. The van der Waals surface area contributed by atoms with E-state index in [0.717, 1.165) is 29.5 Å². The van der Waals surface area contributed by atoms with Crippen molar-refractivity contribution < 1.29 is 9.15 Å². The minimum atomic E-state index is -0.293. The van der Waals surface area contributed by atoms with Crippen molar-refractivity contribution in [1.82, 2.24) is 0 Å². The van der Waals surface area contributed by atoms with Crippen molar-refractivity contribution in [2.45, 2.75) is 155 Å². The predicted molar refractivity (Wildman–Crippen MR) is 155 cm³/mol. The Labute approximate surface area is 221 Å². The highest BCUT2D eigenvalue weighted by Crippen LogP contribution is 2.25. The molecule has 0 aliphatic rings. The molecular formula is C33H54O3. The van der Waals surface area contributed by atoms with E-state index in [4.69, 9.17) is 9.15 Å². The van der Waals surface area contributed by atoms with Gasteiger partial charge in [0.05, 0.1) is 6.10 Å². The monoisotopic (exact) mass is 498 g/mol. The van der Waals surface area contributed by atoms with Crippen LogP contribution in [0, 0.1) is 6.92 Å². The van der Waals surface area contributed by atoms with E-state index in [9.17, 15) is 4.79 Å². The third-order valence-corrected chi connectivity index (χ3v) is 7.48.